The average molecular weight is 500 g/mol. The second kappa shape index (κ2) is 9.60. The predicted molar refractivity (Wildman–Crippen MR) is 93.7 cm³/mol. The molecule has 18 nitrogen and oxygen atoms in total. The van der Waals surface area contributed by atoms with Gasteiger partial charge in [-0.1, -0.05) is 0 Å². The van der Waals surface area contributed by atoms with Crippen LogP contribution in [0.15, 0.2) is 17.1 Å². The summed E-state index contributed by atoms with van der Waals surface area (Å²) in [5, 5.41) is 18.8. The van der Waals surface area contributed by atoms with E-state index >= 15 is 0 Å². The predicted octanol–water partition coefficient (Wildman–Crippen LogP) is -2.33. The molecule has 30 heavy (non-hydrogen) atoms. The quantitative estimate of drug-likeness (QED) is 0.117. The molecule has 0 spiro atoms. The standard InChI is InChI=1S/C9H19N4O14P3/c1-5(13-3-2-6(10)12-8(13)16)25-9(11,7(14)15)4-24-29(20,21)27-30(22,23)26-28(17,18)19/h2-3,5,7,14-15H,4,11H2,1H3,(H,20,21)(H,22,23)(H2,10,12,16)(H2,17,18,19)/t5-,9-/m1/s1. The van der Waals surface area contributed by atoms with Crippen molar-refractivity contribution in [2.45, 2.75) is 25.2 Å². The maximum Gasteiger partial charge on any atom is 0.490 e. The topological polar surface area (TPSA) is 296 Å². The molecule has 10 N–H and O–H groups in total. The minimum Gasteiger partial charge on any atom is -0.383 e. The first-order valence-electron chi connectivity index (χ1n) is 7.32. The molecule has 21 heteroatoms. The Bertz CT molecular complexity index is 947. The van der Waals surface area contributed by atoms with Gasteiger partial charge in [0.1, 0.15) is 18.7 Å². The number of nitrogens with two attached hydrogens (primary N) is 2. The molecule has 4 atom stereocenters. The van der Waals surface area contributed by atoms with Crippen molar-refractivity contribution in [3.8, 4) is 0 Å². The highest BCUT2D eigenvalue weighted by molar-refractivity contribution is 7.66. The van der Waals surface area contributed by atoms with E-state index in [1.807, 2.05) is 0 Å². The first-order chi connectivity index (χ1) is 13.4. The van der Waals surface area contributed by atoms with E-state index in [1.165, 1.54) is 13.0 Å². The van der Waals surface area contributed by atoms with Crippen LogP contribution in [0.25, 0.3) is 0 Å². The van der Waals surface area contributed by atoms with E-state index in [1.54, 1.807) is 0 Å². The van der Waals surface area contributed by atoms with Crippen molar-refractivity contribution in [2.24, 2.45) is 5.73 Å². The summed E-state index contributed by atoms with van der Waals surface area (Å²) in [5.41, 5.74) is 7.21. The van der Waals surface area contributed by atoms with Gasteiger partial charge in [0, 0.05) is 6.20 Å². The molecule has 0 aromatic carbocycles. The van der Waals surface area contributed by atoms with Gasteiger partial charge >= 0.3 is 29.2 Å². The van der Waals surface area contributed by atoms with Crippen molar-refractivity contribution in [1.29, 1.82) is 0 Å². The smallest absolute Gasteiger partial charge is 0.383 e. The summed E-state index contributed by atoms with van der Waals surface area (Å²) >= 11 is 0. The van der Waals surface area contributed by atoms with E-state index in [0.717, 1.165) is 10.8 Å². The second-order valence-corrected chi connectivity index (χ2v) is 9.87. The molecule has 0 bridgehead atoms. The number of rotatable bonds is 11. The van der Waals surface area contributed by atoms with Crippen molar-refractivity contribution in [3.63, 3.8) is 0 Å². The molecule has 0 saturated carbocycles. The van der Waals surface area contributed by atoms with Gasteiger partial charge in [0.05, 0.1) is 0 Å². The van der Waals surface area contributed by atoms with E-state index in [9.17, 15) is 33.6 Å². The van der Waals surface area contributed by atoms with E-state index in [2.05, 4.69) is 18.1 Å². The Labute approximate surface area is 167 Å². The van der Waals surface area contributed by atoms with Crippen LogP contribution in [-0.4, -0.2) is 58.0 Å². The van der Waals surface area contributed by atoms with Gasteiger partial charge in [-0.3, -0.25) is 14.8 Å². The Kier molecular flexibility index (Phi) is 8.63. The number of nitrogens with zero attached hydrogens (tertiary/aromatic N) is 2. The van der Waals surface area contributed by atoms with E-state index in [0.29, 0.717) is 0 Å². The largest absolute Gasteiger partial charge is 0.490 e. The molecular weight excluding hydrogens is 481 g/mol. The fraction of sp³-hybridized carbons (Fsp3) is 0.556. The van der Waals surface area contributed by atoms with Gasteiger partial charge in [0.15, 0.2) is 12.0 Å². The maximum absolute atomic E-state index is 11.8. The van der Waals surface area contributed by atoms with Crippen LogP contribution < -0.4 is 17.2 Å². The summed E-state index contributed by atoms with van der Waals surface area (Å²) < 4.78 is 50.6. The SMILES string of the molecule is C[C@@H](O[C@](N)(COP(=O)(O)OP(=O)(O)OP(=O)(O)O)C(O)O)n1ccc(N)nc1=O. The van der Waals surface area contributed by atoms with Gasteiger partial charge in [0.2, 0.25) is 0 Å². The number of aliphatic hydroxyl groups excluding tert-OH is 1. The summed E-state index contributed by atoms with van der Waals surface area (Å²) in [7, 11) is -17.0. The van der Waals surface area contributed by atoms with Crippen LogP contribution in [0.3, 0.4) is 0 Å². The van der Waals surface area contributed by atoms with Crippen LogP contribution in [0.1, 0.15) is 13.2 Å². The number of ether oxygens (including phenoxy) is 1. The Balaban J connectivity index is 2.94. The lowest BCUT2D eigenvalue weighted by atomic mass is 10.2. The van der Waals surface area contributed by atoms with Crippen LogP contribution in [0, 0.1) is 0 Å². The molecule has 2 unspecified atom stereocenters. The van der Waals surface area contributed by atoms with E-state index in [4.69, 9.17) is 30.9 Å². The Hall–Kier alpha value is -1.07. The van der Waals surface area contributed by atoms with Crippen LogP contribution in [-0.2, 0) is 31.6 Å². The average Bonchev–Trinajstić information content (AvgIpc) is 2.49. The molecule has 0 fully saturated rings. The molecule has 1 aromatic heterocycles. The van der Waals surface area contributed by atoms with Gasteiger partial charge in [-0.25, -0.2) is 18.5 Å². The van der Waals surface area contributed by atoms with Crippen molar-refractivity contribution >= 4 is 29.3 Å². The lowest BCUT2D eigenvalue weighted by Crippen LogP contribution is -2.57. The Morgan fingerprint density at radius 3 is 2.20 bits per heavy atom. The molecule has 0 aliphatic rings. The summed E-state index contributed by atoms with van der Waals surface area (Å²) in [6.45, 7) is -0.218. The second-order valence-electron chi connectivity index (χ2n) is 5.45. The van der Waals surface area contributed by atoms with Crippen molar-refractivity contribution in [2.75, 3.05) is 12.3 Å². The number of aliphatic hydroxyl groups is 2. The Morgan fingerprint density at radius 2 is 1.73 bits per heavy atom. The number of nitrogen functional groups attached to an aromatic ring is 1. The van der Waals surface area contributed by atoms with Gasteiger partial charge in [-0.05, 0) is 13.0 Å². The van der Waals surface area contributed by atoms with Crippen molar-refractivity contribution in [1.82, 2.24) is 9.55 Å². The van der Waals surface area contributed by atoms with Crippen LogP contribution in [0.4, 0.5) is 5.82 Å². The number of phosphoric ester groups is 1. The summed E-state index contributed by atoms with van der Waals surface area (Å²) in [4.78, 5) is 50.5. The monoisotopic (exact) mass is 500 g/mol. The van der Waals surface area contributed by atoms with Gasteiger partial charge in [0.25, 0.3) is 0 Å². The number of hydrogen-bond acceptors (Lipinski definition) is 13. The molecule has 0 aliphatic heterocycles. The number of anilines is 1. The molecule has 1 rings (SSSR count). The molecule has 1 heterocycles. The third kappa shape index (κ3) is 8.58. The molecule has 0 radical (unpaired) electrons. The highest BCUT2D eigenvalue weighted by Gasteiger charge is 2.44. The Morgan fingerprint density at radius 1 is 1.17 bits per heavy atom. The molecule has 174 valence electrons. The lowest BCUT2D eigenvalue weighted by Gasteiger charge is -2.34. The zero-order valence-electron chi connectivity index (χ0n) is 14.9. The van der Waals surface area contributed by atoms with E-state index in [-0.39, 0.29) is 5.82 Å². The zero-order valence-corrected chi connectivity index (χ0v) is 17.5. The minimum atomic E-state index is -5.80. The number of aromatic nitrogens is 2. The zero-order chi connectivity index (χ0) is 23.5. The van der Waals surface area contributed by atoms with Gasteiger partial charge in [-0.2, -0.15) is 13.6 Å². The van der Waals surface area contributed by atoms with Gasteiger partial charge in [-0.15, -0.1) is 0 Å². The summed E-state index contributed by atoms with van der Waals surface area (Å²) in [6.07, 6.45) is -2.87. The van der Waals surface area contributed by atoms with E-state index < -0.39 is 54.0 Å². The fourth-order valence-corrected chi connectivity index (χ4v) is 4.79. The van der Waals surface area contributed by atoms with Crippen LogP contribution in [0.5, 0.6) is 0 Å². The first-order valence-corrected chi connectivity index (χ1v) is 11.8. The normalized spacial score (nSPS) is 19.6. The number of hydrogen-bond donors (Lipinski definition) is 8. The van der Waals surface area contributed by atoms with Crippen LogP contribution >= 0.6 is 23.5 Å². The van der Waals surface area contributed by atoms with Crippen molar-refractivity contribution < 1.29 is 61.4 Å². The summed E-state index contributed by atoms with van der Waals surface area (Å²) in [6, 6.07) is 1.20. The van der Waals surface area contributed by atoms with Crippen molar-refractivity contribution in [3.05, 3.63) is 22.7 Å². The highest BCUT2D eigenvalue weighted by Crippen LogP contribution is 2.66. The van der Waals surface area contributed by atoms with Gasteiger partial charge < -0.3 is 40.3 Å². The molecule has 1 aromatic rings. The lowest BCUT2D eigenvalue weighted by molar-refractivity contribution is -0.247. The third-order valence-corrected chi connectivity index (χ3v) is 6.72. The minimum absolute atomic E-state index is 0.127. The molecule has 0 saturated heterocycles. The van der Waals surface area contributed by atoms with Crippen LogP contribution in [0.2, 0.25) is 0 Å². The molecule has 0 aliphatic carbocycles. The molecule has 0 amide bonds. The molecular formula is C9H19N4O14P3. The fourth-order valence-electron chi connectivity index (χ4n) is 1.73. The highest BCUT2D eigenvalue weighted by atomic mass is 31.3. The maximum atomic E-state index is 11.8. The summed E-state index contributed by atoms with van der Waals surface area (Å²) in [5.74, 6) is -0.127. The number of phosphoric acid groups is 3. The third-order valence-electron chi connectivity index (χ3n) is 2.94. The first kappa shape index (κ1) is 27.0.